The molecule has 0 fully saturated rings. The van der Waals surface area contributed by atoms with Crippen molar-refractivity contribution in [3.8, 4) is 0 Å². The van der Waals surface area contributed by atoms with E-state index in [0.717, 1.165) is 15.9 Å². The van der Waals surface area contributed by atoms with Crippen molar-refractivity contribution in [2.24, 2.45) is 0 Å². The molecular formula is C22H18N2O3S. The lowest BCUT2D eigenvalue weighted by atomic mass is 10.2. The van der Waals surface area contributed by atoms with Crippen molar-refractivity contribution in [1.82, 2.24) is 9.55 Å². The van der Waals surface area contributed by atoms with Gasteiger partial charge in [0.2, 0.25) is 0 Å². The fourth-order valence-corrected chi connectivity index (χ4v) is 3.94. The van der Waals surface area contributed by atoms with Crippen LogP contribution >= 0.6 is 11.8 Å². The number of H-pyrrole nitrogens is 1. The maximum atomic E-state index is 12.4. The Morgan fingerprint density at radius 1 is 1.07 bits per heavy atom. The molecule has 0 amide bonds. The second-order valence-electron chi connectivity index (χ2n) is 6.30. The zero-order chi connectivity index (χ0) is 19.5. The summed E-state index contributed by atoms with van der Waals surface area (Å²) in [6.45, 7) is 2.05. The molecule has 4 aromatic rings. The lowest BCUT2D eigenvalue weighted by Gasteiger charge is -2.12. The fraction of sp³-hybridized carbons (Fsp3) is 0.0909. The molecule has 0 aliphatic heterocycles. The topological polar surface area (TPSA) is 68.0 Å². The van der Waals surface area contributed by atoms with Crippen LogP contribution in [0.25, 0.3) is 17.0 Å². The van der Waals surface area contributed by atoms with Gasteiger partial charge in [0.25, 0.3) is 5.56 Å². The monoisotopic (exact) mass is 390 g/mol. The number of aromatic amines is 1. The molecule has 5 nitrogen and oxygen atoms in total. The molecule has 2 aromatic carbocycles. The Kier molecular flexibility index (Phi) is 5.04. The molecule has 0 radical (unpaired) electrons. The Labute approximate surface area is 165 Å². The molecule has 0 spiro atoms. The van der Waals surface area contributed by atoms with E-state index in [4.69, 9.17) is 4.42 Å². The first-order valence-electron chi connectivity index (χ1n) is 8.83. The summed E-state index contributed by atoms with van der Waals surface area (Å²) in [6.07, 6.45) is 3.69. The summed E-state index contributed by atoms with van der Waals surface area (Å²) in [7, 11) is 0. The van der Waals surface area contributed by atoms with Gasteiger partial charge in [0.15, 0.2) is 0 Å². The van der Waals surface area contributed by atoms with Gasteiger partial charge in [0.1, 0.15) is 11.3 Å². The van der Waals surface area contributed by atoms with Crippen LogP contribution in [0.5, 0.6) is 0 Å². The number of aromatic nitrogens is 2. The van der Waals surface area contributed by atoms with Crippen molar-refractivity contribution < 1.29 is 4.42 Å². The third kappa shape index (κ3) is 3.73. The Hall–Kier alpha value is -3.25. The number of benzene rings is 2. The predicted molar refractivity (Wildman–Crippen MR) is 112 cm³/mol. The van der Waals surface area contributed by atoms with Crippen LogP contribution in [-0.2, 0) is 6.54 Å². The minimum Gasteiger partial charge on any atom is -0.457 e. The first kappa shape index (κ1) is 18.1. The maximum Gasteiger partial charge on any atom is 0.329 e. The molecule has 0 atom stereocenters. The van der Waals surface area contributed by atoms with Crippen molar-refractivity contribution >= 4 is 28.8 Å². The highest BCUT2D eigenvalue weighted by molar-refractivity contribution is 7.99. The molecule has 2 heterocycles. The standard InChI is InChI=1S/C22H18N2O3S/c1-15-20(25)23-22(26)24(21(15)28-18-10-3-2-4-11-18)13-7-9-17-14-16-8-5-6-12-19(16)27-17/h2-12,14H,13H2,1H3,(H,23,25,26)/b9-7+. The molecule has 2 aromatic heterocycles. The van der Waals surface area contributed by atoms with Gasteiger partial charge in [-0.15, -0.1) is 0 Å². The van der Waals surface area contributed by atoms with Crippen molar-refractivity contribution in [1.29, 1.82) is 0 Å². The molecule has 0 aliphatic carbocycles. The van der Waals surface area contributed by atoms with E-state index < -0.39 is 5.69 Å². The molecule has 0 saturated heterocycles. The summed E-state index contributed by atoms with van der Waals surface area (Å²) < 4.78 is 7.33. The lowest BCUT2D eigenvalue weighted by Crippen LogP contribution is -2.32. The van der Waals surface area contributed by atoms with E-state index in [0.29, 0.717) is 22.9 Å². The first-order valence-corrected chi connectivity index (χ1v) is 9.65. The second-order valence-corrected chi connectivity index (χ2v) is 7.37. The van der Waals surface area contributed by atoms with E-state index in [1.54, 1.807) is 11.5 Å². The van der Waals surface area contributed by atoms with Gasteiger partial charge in [-0.1, -0.05) is 54.2 Å². The van der Waals surface area contributed by atoms with Crippen molar-refractivity contribution in [2.45, 2.75) is 23.4 Å². The highest BCUT2D eigenvalue weighted by Gasteiger charge is 2.12. The molecule has 1 N–H and O–H groups in total. The molecule has 0 aliphatic rings. The second kappa shape index (κ2) is 7.78. The average molecular weight is 390 g/mol. The number of furan rings is 1. The Balaban J connectivity index is 1.65. The third-order valence-electron chi connectivity index (χ3n) is 4.34. The largest absolute Gasteiger partial charge is 0.457 e. The number of para-hydroxylation sites is 1. The SMILES string of the molecule is Cc1c(Sc2ccccc2)n(C/C=C/c2cc3ccccc3o2)c(=O)[nH]c1=O. The first-order chi connectivity index (χ1) is 13.6. The van der Waals surface area contributed by atoms with Gasteiger partial charge in [-0.05, 0) is 37.3 Å². The molecule has 140 valence electrons. The average Bonchev–Trinajstić information content (AvgIpc) is 3.12. The summed E-state index contributed by atoms with van der Waals surface area (Å²) in [5, 5.41) is 1.66. The highest BCUT2D eigenvalue weighted by Crippen LogP contribution is 2.28. The molecule has 4 rings (SSSR count). The number of nitrogens with one attached hydrogen (secondary N) is 1. The van der Waals surface area contributed by atoms with Crippen LogP contribution in [0.4, 0.5) is 0 Å². The molecule has 0 unspecified atom stereocenters. The quantitative estimate of drug-likeness (QED) is 0.511. The van der Waals surface area contributed by atoms with E-state index >= 15 is 0 Å². The van der Waals surface area contributed by atoms with Crippen LogP contribution in [0.15, 0.2) is 90.7 Å². The molecule has 0 bridgehead atoms. The highest BCUT2D eigenvalue weighted by atomic mass is 32.2. The number of fused-ring (bicyclic) bond motifs is 1. The number of hydrogen-bond acceptors (Lipinski definition) is 4. The van der Waals surface area contributed by atoms with Gasteiger partial charge in [0, 0.05) is 22.4 Å². The number of nitrogens with zero attached hydrogens (tertiary/aromatic N) is 1. The summed E-state index contributed by atoms with van der Waals surface area (Å²) in [5.74, 6) is 0.715. The summed E-state index contributed by atoms with van der Waals surface area (Å²) in [5.41, 5.74) is 0.550. The third-order valence-corrected chi connectivity index (χ3v) is 5.57. The van der Waals surface area contributed by atoms with E-state index in [-0.39, 0.29) is 5.56 Å². The van der Waals surface area contributed by atoms with Crippen LogP contribution in [0.3, 0.4) is 0 Å². The number of rotatable bonds is 5. The van der Waals surface area contributed by atoms with Gasteiger partial charge < -0.3 is 4.42 Å². The smallest absolute Gasteiger partial charge is 0.329 e. The van der Waals surface area contributed by atoms with Crippen molar-refractivity contribution in [3.05, 3.63) is 98.9 Å². The van der Waals surface area contributed by atoms with Gasteiger partial charge in [-0.3, -0.25) is 14.3 Å². The number of hydrogen-bond donors (Lipinski definition) is 1. The zero-order valence-corrected chi connectivity index (χ0v) is 16.0. The molecule has 0 saturated carbocycles. The van der Waals surface area contributed by atoms with E-state index in [2.05, 4.69) is 4.98 Å². The minimum atomic E-state index is -0.428. The normalized spacial score (nSPS) is 11.5. The van der Waals surface area contributed by atoms with E-state index in [1.165, 1.54) is 11.8 Å². The van der Waals surface area contributed by atoms with Crippen LogP contribution in [0.1, 0.15) is 11.3 Å². The van der Waals surface area contributed by atoms with Crippen LogP contribution in [0, 0.1) is 6.92 Å². The fourth-order valence-electron chi connectivity index (χ4n) is 2.91. The Morgan fingerprint density at radius 3 is 2.61 bits per heavy atom. The molecular weight excluding hydrogens is 372 g/mol. The van der Waals surface area contributed by atoms with Crippen LogP contribution in [0.2, 0.25) is 0 Å². The van der Waals surface area contributed by atoms with Gasteiger partial charge in [0.05, 0.1) is 5.03 Å². The minimum absolute atomic E-state index is 0.322. The summed E-state index contributed by atoms with van der Waals surface area (Å²) in [4.78, 5) is 27.9. The molecule has 28 heavy (non-hydrogen) atoms. The molecule has 6 heteroatoms. The predicted octanol–water partition coefficient (Wildman–Crippen LogP) is 4.46. The van der Waals surface area contributed by atoms with Gasteiger partial charge >= 0.3 is 5.69 Å². The maximum absolute atomic E-state index is 12.4. The zero-order valence-electron chi connectivity index (χ0n) is 15.2. The Bertz CT molecular complexity index is 1230. The number of allylic oxidation sites excluding steroid dienone is 1. The van der Waals surface area contributed by atoms with Crippen molar-refractivity contribution in [3.63, 3.8) is 0 Å². The van der Waals surface area contributed by atoms with E-state index in [1.807, 2.05) is 72.8 Å². The van der Waals surface area contributed by atoms with Crippen molar-refractivity contribution in [2.75, 3.05) is 0 Å². The lowest BCUT2D eigenvalue weighted by molar-refractivity contribution is 0.602. The van der Waals surface area contributed by atoms with Gasteiger partial charge in [-0.25, -0.2) is 4.79 Å². The van der Waals surface area contributed by atoms with Gasteiger partial charge in [-0.2, -0.15) is 0 Å². The Morgan fingerprint density at radius 2 is 1.82 bits per heavy atom. The summed E-state index contributed by atoms with van der Waals surface area (Å²) in [6, 6.07) is 19.4. The van der Waals surface area contributed by atoms with Crippen LogP contribution < -0.4 is 11.2 Å². The summed E-state index contributed by atoms with van der Waals surface area (Å²) >= 11 is 1.40. The van der Waals surface area contributed by atoms with Crippen LogP contribution in [-0.4, -0.2) is 9.55 Å². The van der Waals surface area contributed by atoms with E-state index in [9.17, 15) is 9.59 Å².